The number of benzene rings is 1. The van der Waals surface area contributed by atoms with Crippen LogP contribution in [0, 0.1) is 13.8 Å². The number of aryl methyl sites for hydroxylation is 2. The molecule has 0 aliphatic rings. The highest BCUT2D eigenvalue weighted by Gasteiger charge is 2.19. The van der Waals surface area contributed by atoms with Crippen molar-refractivity contribution in [3.8, 4) is 0 Å². The summed E-state index contributed by atoms with van der Waals surface area (Å²) in [5.74, 6) is 0. The lowest BCUT2D eigenvalue weighted by atomic mass is 9.90. The number of aromatic nitrogens is 1. The molecular formula is C17H23BrN2. The zero-order chi connectivity index (χ0) is 15.1. The highest BCUT2D eigenvalue weighted by molar-refractivity contribution is 9.10. The molecule has 0 aliphatic heterocycles. The predicted molar refractivity (Wildman–Crippen MR) is 91.8 cm³/mol. The average Bonchev–Trinajstić information content (AvgIpc) is 2.34. The van der Waals surface area contributed by atoms with Crippen molar-refractivity contribution in [2.45, 2.75) is 47.0 Å². The number of nitrogens with zero attached hydrogens (tertiary/aromatic N) is 1. The molecule has 0 atom stereocenters. The number of rotatable bonds is 2. The van der Waals surface area contributed by atoms with Crippen LogP contribution in [0.3, 0.4) is 0 Å². The van der Waals surface area contributed by atoms with Crippen LogP contribution in [0.25, 0.3) is 10.9 Å². The van der Waals surface area contributed by atoms with Gasteiger partial charge in [0.05, 0.1) is 5.52 Å². The summed E-state index contributed by atoms with van der Waals surface area (Å²) in [7, 11) is 0. The first-order chi connectivity index (χ1) is 9.25. The quantitative estimate of drug-likeness (QED) is 0.801. The summed E-state index contributed by atoms with van der Waals surface area (Å²) in [5.41, 5.74) is 5.92. The summed E-state index contributed by atoms with van der Waals surface area (Å²) in [5, 5.41) is 4.71. The van der Waals surface area contributed by atoms with E-state index in [0.717, 1.165) is 17.8 Å². The Morgan fingerprint density at radius 2 is 1.85 bits per heavy atom. The van der Waals surface area contributed by atoms with E-state index < -0.39 is 0 Å². The number of fused-ring (bicyclic) bond motifs is 1. The van der Waals surface area contributed by atoms with Crippen LogP contribution in [0.15, 0.2) is 16.6 Å². The van der Waals surface area contributed by atoms with E-state index in [2.05, 4.69) is 74.9 Å². The lowest BCUT2D eigenvalue weighted by molar-refractivity contribution is 0.571. The van der Waals surface area contributed by atoms with Crippen molar-refractivity contribution in [2.75, 3.05) is 11.9 Å². The van der Waals surface area contributed by atoms with Gasteiger partial charge in [-0.15, -0.1) is 0 Å². The van der Waals surface area contributed by atoms with Crippen LogP contribution in [0.4, 0.5) is 5.69 Å². The standard InChI is InChI=1S/C17H23BrN2/c1-7-19-12-9-14(17(4,5)6)20-13-8-10(2)16(18)11(3)15(12)13/h8-9H,7H2,1-6H3,(H,19,20). The Labute approximate surface area is 130 Å². The molecule has 0 aliphatic carbocycles. The molecule has 0 saturated carbocycles. The summed E-state index contributed by atoms with van der Waals surface area (Å²) in [6, 6.07) is 4.36. The lowest BCUT2D eigenvalue weighted by Crippen LogP contribution is -2.15. The zero-order valence-electron chi connectivity index (χ0n) is 13.2. The second-order valence-electron chi connectivity index (χ2n) is 6.36. The first kappa shape index (κ1) is 15.3. The molecule has 0 saturated heterocycles. The predicted octanol–water partition coefficient (Wildman–Crippen LogP) is 5.34. The summed E-state index contributed by atoms with van der Waals surface area (Å²) in [6.45, 7) is 13.9. The number of nitrogens with one attached hydrogen (secondary N) is 1. The minimum Gasteiger partial charge on any atom is -0.385 e. The third-order valence-electron chi connectivity index (χ3n) is 3.59. The molecule has 108 valence electrons. The highest BCUT2D eigenvalue weighted by Crippen LogP contribution is 2.35. The minimum atomic E-state index is 0.0489. The molecule has 2 aromatic rings. The minimum absolute atomic E-state index is 0.0489. The molecule has 0 fully saturated rings. The van der Waals surface area contributed by atoms with Gasteiger partial charge in [0.1, 0.15) is 0 Å². The lowest BCUT2D eigenvalue weighted by Gasteiger charge is -2.21. The molecule has 1 heterocycles. The van der Waals surface area contributed by atoms with Gasteiger partial charge in [0.2, 0.25) is 0 Å². The Morgan fingerprint density at radius 1 is 1.20 bits per heavy atom. The van der Waals surface area contributed by atoms with Gasteiger partial charge in [-0.25, -0.2) is 0 Å². The van der Waals surface area contributed by atoms with Gasteiger partial charge >= 0.3 is 0 Å². The van der Waals surface area contributed by atoms with Crippen molar-refractivity contribution in [2.24, 2.45) is 0 Å². The van der Waals surface area contributed by atoms with Crippen molar-refractivity contribution in [1.82, 2.24) is 4.98 Å². The van der Waals surface area contributed by atoms with Crippen LogP contribution in [0.5, 0.6) is 0 Å². The first-order valence-corrected chi connectivity index (χ1v) is 7.89. The second-order valence-corrected chi connectivity index (χ2v) is 7.15. The molecule has 0 unspecified atom stereocenters. The molecule has 2 nitrogen and oxygen atoms in total. The summed E-state index contributed by atoms with van der Waals surface area (Å²) >= 11 is 3.69. The monoisotopic (exact) mass is 334 g/mol. The van der Waals surface area contributed by atoms with Gasteiger partial charge in [0.15, 0.2) is 0 Å². The molecule has 0 radical (unpaired) electrons. The van der Waals surface area contributed by atoms with Crippen LogP contribution in [-0.4, -0.2) is 11.5 Å². The van der Waals surface area contributed by atoms with Crippen LogP contribution in [0.1, 0.15) is 44.5 Å². The van der Waals surface area contributed by atoms with Gasteiger partial charge in [-0.05, 0) is 44.0 Å². The molecule has 1 aromatic heterocycles. The Kier molecular flexibility index (Phi) is 4.10. The third-order valence-corrected chi connectivity index (χ3v) is 4.81. The highest BCUT2D eigenvalue weighted by atomic mass is 79.9. The number of hydrogen-bond donors (Lipinski definition) is 1. The maximum Gasteiger partial charge on any atom is 0.0732 e. The van der Waals surface area contributed by atoms with Crippen LogP contribution in [-0.2, 0) is 5.41 Å². The maximum absolute atomic E-state index is 4.89. The largest absolute Gasteiger partial charge is 0.385 e. The maximum atomic E-state index is 4.89. The Balaban J connectivity index is 2.85. The smallest absolute Gasteiger partial charge is 0.0732 e. The Bertz CT molecular complexity index is 654. The third kappa shape index (κ3) is 2.69. The topological polar surface area (TPSA) is 24.9 Å². The molecule has 0 spiro atoms. The van der Waals surface area contributed by atoms with Crippen LogP contribution >= 0.6 is 15.9 Å². The van der Waals surface area contributed by atoms with Crippen molar-refractivity contribution >= 4 is 32.5 Å². The van der Waals surface area contributed by atoms with Gasteiger partial charge in [-0.2, -0.15) is 0 Å². The van der Waals surface area contributed by atoms with E-state index in [4.69, 9.17) is 4.98 Å². The number of hydrogen-bond acceptors (Lipinski definition) is 2. The van der Waals surface area contributed by atoms with Crippen LogP contribution in [0.2, 0.25) is 0 Å². The van der Waals surface area contributed by atoms with Gasteiger partial charge in [-0.3, -0.25) is 4.98 Å². The average molecular weight is 335 g/mol. The van der Waals surface area contributed by atoms with E-state index >= 15 is 0 Å². The molecule has 20 heavy (non-hydrogen) atoms. The second kappa shape index (κ2) is 5.36. The number of pyridine rings is 1. The van der Waals surface area contributed by atoms with Gasteiger partial charge < -0.3 is 5.32 Å². The zero-order valence-corrected chi connectivity index (χ0v) is 14.8. The number of halogens is 1. The first-order valence-electron chi connectivity index (χ1n) is 7.10. The van der Waals surface area contributed by atoms with Crippen molar-refractivity contribution in [3.63, 3.8) is 0 Å². The van der Waals surface area contributed by atoms with E-state index in [0.29, 0.717) is 0 Å². The molecule has 1 N–H and O–H groups in total. The van der Waals surface area contributed by atoms with E-state index in [1.165, 1.54) is 26.7 Å². The fourth-order valence-electron chi connectivity index (χ4n) is 2.45. The van der Waals surface area contributed by atoms with Gasteiger partial charge in [0, 0.05) is 33.2 Å². The molecular weight excluding hydrogens is 312 g/mol. The SMILES string of the molecule is CCNc1cc(C(C)(C)C)nc2cc(C)c(Br)c(C)c12. The fraction of sp³-hybridized carbons (Fsp3) is 0.471. The van der Waals surface area contributed by atoms with Crippen molar-refractivity contribution < 1.29 is 0 Å². The summed E-state index contributed by atoms with van der Waals surface area (Å²) in [6.07, 6.45) is 0. The van der Waals surface area contributed by atoms with Crippen molar-refractivity contribution in [1.29, 1.82) is 0 Å². The fourth-order valence-corrected chi connectivity index (χ4v) is 2.76. The van der Waals surface area contributed by atoms with Gasteiger partial charge in [0.25, 0.3) is 0 Å². The van der Waals surface area contributed by atoms with E-state index in [1.807, 2.05) is 0 Å². The normalized spacial score (nSPS) is 11.9. The summed E-state index contributed by atoms with van der Waals surface area (Å²) in [4.78, 5) is 4.89. The van der Waals surface area contributed by atoms with E-state index in [1.54, 1.807) is 0 Å². The van der Waals surface area contributed by atoms with Crippen molar-refractivity contribution in [3.05, 3.63) is 33.4 Å². The molecule has 2 rings (SSSR count). The van der Waals surface area contributed by atoms with E-state index in [-0.39, 0.29) is 5.41 Å². The molecule has 3 heteroatoms. The van der Waals surface area contributed by atoms with Gasteiger partial charge in [-0.1, -0.05) is 36.7 Å². The summed E-state index contributed by atoms with van der Waals surface area (Å²) < 4.78 is 1.18. The van der Waals surface area contributed by atoms with E-state index in [9.17, 15) is 0 Å². The van der Waals surface area contributed by atoms with Crippen LogP contribution < -0.4 is 5.32 Å². The number of anilines is 1. The Hall–Kier alpha value is -1.09. The molecule has 0 amide bonds. The molecule has 0 bridgehead atoms. The molecule has 1 aromatic carbocycles. The Morgan fingerprint density at radius 3 is 2.40 bits per heavy atom.